The first kappa shape index (κ1) is 14.3. The number of carbonyl (C=O) groups is 2. The Morgan fingerprint density at radius 2 is 1.90 bits per heavy atom. The van der Waals surface area contributed by atoms with Crippen LogP contribution in [0.2, 0.25) is 10.0 Å². The molecule has 1 amide bonds. The van der Waals surface area contributed by atoms with Crippen molar-refractivity contribution in [2.45, 2.75) is 0 Å². The highest BCUT2D eigenvalue weighted by Crippen LogP contribution is 2.29. The van der Waals surface area contributed by atoms with Gasteiger partial charge in [-0.05, 0) is 18.2 Å². The molecular weight excluding hydrogens is 303 g/mol. The van der Waals surface area contributed by atoms with Crippen molar-refractivity contribution in [3.05, 3.63) is 57.8 Å². The van der Waals surface area contributed by atoms with Crippen molar-refractivity contribution in [2.24, 2.45) is 0 Å². The molecule has 0 aliphatic rings. The maximum atomic E-state index is 12.1. The van der Waals surface area contributed by atoms with Gasteiger partial charge in [0, 0.05) is 12.4 Å². The molecule has 102 valence electrons. The predicted octanol–water partition coefficient (Wildman–Crippen LogP) is 3.34. The fourth-order valence-corrected chi connectivity index (χ4v) is 1.90. The number of hydrogen-bond donors (Lipinski definition) is 2. The van der Waals surface area contributed by atoms with E-state index in [2.05, 4.69) is 10.3 Å². The Labute approximate surface area is 124 Å². The molecule has 7 heteroatoms. The van der Waals surface area contributed by atoms with E-state index in [1.807, 2.05) is 0 Å². The van der Waals surface area contributed by atoms with Gasteiger partial charge in [-0.2, -0.15) is 0 Å². The minimum Gasteiger partial charge on any atom is -0.478 e. The van der Waals surface area contributed by atoms with E-state index in [1.54, 1.807) is 18.2 Å². The van der Waals surface area contributed by atoms with E-state index >= 15 is 0 Å². The average Bonchev–Trinajstić information content (AvgIpc) is 2.43. The van der Waals surface area contributed by atoms with Crippen molar-refractivity contribution in [1.82, 2.24) is 4.98 Å². The van der Waals surface area contributed by atoms with Crippen LogP contribution in [0.1, 0.15) is 20.7 Å². The Kier molecular flexibility index (Phi) is 4.22. The number of anilines is 1. The van der Waals surface area contributed by atoms with Gasteiger partial charge in [-0.25, -0.2) is 4.79 Å². The first-order valence-corrected chi connectivity index (χ1v) is 6.19. The number of carboxylic acid groups (broad SMARTS) is 1. The minimum absolute atomic E-state index is 0.0592. The number of benzene rings is 1. The number of amides is 1. The van der Waals surface area contributed by atoms with Gasteiger partial charge in [-0.15, -0.1) is 0 Å². The molecule has 0 fully saturated rings. The molecule has 0 unspecified atom stereocenters. The normalized spacial score (nSPS) is 10.1. The van der Waals surface area contributed by atoms with Crippen molar-refractivity contribution in [1.29, 1.82) is 0 Å². The molecule has 1 aromatic heterocycles. The quantitative estimate of drug-likeness (QED) is 0.911. The second-order valence-electron chi connectivity index (χ2n) is 3.78. The summed E-state index contributed by atoms with van der Waals surface area (Å²) >= 11 is 11.8. The van der Waals surface area contributed by atoms with Crippen LogP contribution in [0.5, 0.6) is 0 Å². The van der Waals surface area contributed by atoms with E-state index in [-0.39, 0.29) is 21.2 Å². The molecule has 0 spiro atoms. The first-order chi connectivity index (χ1) is 9.50. The van der Waals surface area contributed by atoms with E-state index in [9.17, 15) is 9.59 Å². The Hall–Kier alpha value is -2.11. The van der Waals surface area contributed by atoms with Gasteiger partial charge in [-0.3, -0.25) is 9.78 Å². The van der Waals surface area contributed by atoms with E-state index in [4.69, 9.17) is 28.3 Å². The maximum absolute atomic E-state index is 12.1. The fraction of sp³-hybridized carbons (Fsp3) is 0. The van der Waals surface area contributed by atoms with Gasteiger partial charge in [-0.1, -0.05) is 29.3 Å². The zero-order valence-electron chi connectivity index (χ0n) is 9.93. The van der Waals surface area contributed by atoms with E-state index in [1.165, 1.54) is 18.5 Å². The van der Waals surface area contributed by atoms with Gasteiger partial charge in [0.2, 0.25) is 0 Å². The molecule has 2 aromatic rings. The summed E-state index contributed by atoms with van der Waals surface area (Å²) in [5, 5.41) is 12.0. The average molecular weight is 311 g/mol. The molecular formula is C13H8Cl2N2O3. The van der Waals surface area contributed by atoms with Crippen LogP contribution in [0.15, 0.2) is 36.7 Å². The number of halogens is 2. The molecule has 0 saturated heterocycles. The van der Waals surface area contributed by atoms with Gasteiger partial charge in [0.25, 0.3) is 5.91 Å². The molecule has 5 nitrogen and oxygen atoms in total. The van der Waals surface area contributed by atoms with Crippen molar-refractivity contribution in [2.75, 3.05) is 5.32 Å². The molecule has 2 N–H and O–H groups in total. The molecule has 0 aliphatic carbocycles. The van der Waals surface area contributed by atoms with E-state index in [0.29, 0.717) is 5.69 Å². The molecule has 0 saturated carbocycles. The molecule has 20 heavy (non-hydrogen) atoms. The third kappa shape index (κ3) is 2.89. The van der Waals surface area contributed by atoms with Gasteiger partial charge in [0.05, 0.1) is 26.9 Å². The minimum atomic E-state index is -1.21. The third-order valence-electron chi connectivity index (χ3n) is 2.50. The predicted molar refractivity (Wildman–Crippen MR) is 75.6 cm³/mol. The maximum Gasteiger partial charge on any atom is 0.336 e. The molecule has 2 rings (SSSR count). The number of pyridine rings is 1. The smallest absolute Gasteiger partial charge is 0.336 e. The fourth-order valence-electron chi connectivity index (χ4n) is 1.55. The standard InChI is InChI=1S/C13H8Cl2N2O3/c14-9-2-1-3-10(11(9)15)17-12(18)8-6-16-5-4-7(8)13(19)20/h1-6H,(H,17,18)(H,19,20). The topological polar surface area (TPSA) is 79.3 Å². The van der Waals surface area contributed by atoms with Crippen LogP contribution in [0.4, 0.5) is 5.69 Å². The van der Waals surface area contributed by atoms with E-state index < -0.39 is 11.9 Å². The van der Waals surface area contributed by atoms with Crippen LogP contribution in [0.25, 0.3) is 0 Å². The Balaban J connectivity index is 2.34. The lowest BCUT2D eigenvalue weighted by Gasteiger charge is -2.09. The molecule has 0 aliphatic heterocycles. The lowest BCUT2D eigenvalue weighted by atomic mass is 10.1. The summed E-state index contributed by atoms with van der Waals surface area (Å²) in [6.07, 6.45) is 2.48. The molecule has 1 heterocycles. The highest BCUT2D eigenvalue weighted by Gasteiger charge is 2.17. The number of nitrogens with one attached hydrogen (secondary N) is 1. The molecule has 0 bridgehead atoms. The van der Waals surface area contributed by atoms with Crippen molar-refractivity contribution in [3.8, 4) is 0 Å². The molecule has 0 atom stereocenters. The van der Waals surface area contributed by atoms with Gasteiger partial charge in [0.1, 0.15) is 0 Å². The van der Waals surface area contributed by atoms with Crippen LogP contribution < -0.4 is 5.32 Å². The summed E-state index contributed by atoms with van der Waals surface area (Å²) in [6, 6.07) is 6.00. The molecule has 0 radical (unpaired) electrons. The van der Waals surface area contributed by atoms with Gasteiger partial charge < -0.3 is 10.4 Å². The highest BCUT2D eigenvalue weighted by atomic mass is 35.5. The van der Waals surface area contributed by atoms with Crippen molar-refractivity contribution < 1.29 is 14.7 Å². The van der Waals surface area contributed by atoms with Crippen LogP contribution in [-0.2, 0) is 0 Å². The van der Waals surface area contributed by atoms with Crippen LogP contribution in [0, 0.1) is 0 Å². The van der Waals surface area contributed by atoms with Gasteiger partial charge in [0.15, 0.2) is 0 Å². The number of carbonyl (C=O) groups excluding carboxylic acids is 1. The summed E-state index contributed by atoms with van der Waals surface area (Å²) in [5.74, 6) is -1.84. The summed E-state index contributed by atoms with van der Waals surface area (Å²) in [4.78, 5) is 26.9. The summed E-state index contributed by atoms with van der Waals surface area (Å²) in [7, 11) is 0. The van der Waals surface area contributed by atoms with Crippen LogP contribution in [-0.4, -0.2) is 22.0 Å². The lowest BCUT2D eigenvalue weighted by Crippen LogP contribution is -2.17. The first-order valence-electron chi connectivity index (χ1n) is 5.43. The Bertz CT molecular complexity index is 689. The SMILES string of the molecule is O=C(O)c1ccncc1C(=O)Nc1cccc(Cl)c1Cl. The van der Waals surface area contributed by atoms with Crippen LogP contribution >= 0.6 is 23.2 Å². The Morgan fingerprint density at radius 3 is 2.60 bits per heavy atom. The van der Waals surface area contributed by atoms with Crippen molar-refractivity contribution >= 4 is 40.8 Å². The summed E-state index contributed by atoms with van der Waals surface area (Å²) in [5.41, 5.74) is 0.0936. The third-order valence-corrected chi connectivity index (χ3v) is 3.31. The van der Waals surface area contributed by atoms with Crippen LogP contribution in [0.3, 0.4) is 0 Å². The monoisotopic (exact) mass is 310 g/mol. The zero-order valence-corrected chi connectivity index (χ0v) is 11.4. The number of carboxylic acids is 1. The second kappa shape index (κ2) is 5.90. The second-order valence-corrected chi connectivity index (χ2v) is 4.57. The van der Waals surface area contributed by atoms with Gasteiger partial charge >= 0.3 is 5.97 Å². The number of hydrogen-bond acceptors (Lipinski definition) is 3. The highest BCUT2D eigenvalue weighted by molar-refractivity contribution is 6.44. The number of rotatable bonds is 3. The van der Waals surface area contributed by atoms with Crippen molar-refractivity contribution in [3.63, 3.8) is 0 Å². The zero-order chi connectivity index (χ0) is 14.7. The van der Waals surface area contributed by atoms with E-state index in [0.717, 1.165) is 0 Å². The summed E-state index contributed by atoms with van der Waals surface area (Å²) < 4.78 is 0. The number of aromatic nitrogens is 1. The molecule has 1 aromatic carbocycles. The Morgan fingerprint density at radius 1 is 1.15 bits per heavy atom. The lowest BCUT2D eigenvalue weighted by molar-refractivity contribution is 0.0692. The number of aromatic carboxylic acids is 1. The largest absolute Gasteiger partial charge is 0.478 e. The summed E-state index contributed by atoms with van der Waals surface area (Å²) in [6.45, 7) is 0. The number of nitrogens with zero attached hydrogens (tertiary/aromatic N) is 1.